The maximum absolute atomic E-state index is 5.57. The van der Waals surface area contributed by atoms with Gasteiger partial charge < -0.3 is 15.8 Å². The molecule has 0 aliphatic rings. The van der Waals surface area contributed by atoms with Gasteiger partial charge in [0.25, 0.3) is 0 Å². The predicted molar refractivity (Wildman–Crippen MR) is 85.1 cm³/mol. The smallest absolute Gasteiger partial charge is 0.123 e. The van der Waals surface area contributed by atoms with Crippen molar-refractivity contribution in [2.45, 2.75) is 18.9 Å². The number of thiazole rings is 1. The fraction of sp³-hybridized carbons (Fsp3) is 0.400. The zero-order chi connectivity index (χ0) is 14.2. The average molecular weight is 291 g/mol. The summed E-state index contributed by atoms with van der Waals surface area (Å²) in [6, 6.07) is 8.65. The Balaban J connectivity index is 1.98. The second-order valence-electron chi connectivity index (χ2n) is 4.64. The number of rotatable bonds is 8. The van der Waals surface area contributed by atoms with Crippen LogP contribution in [0.15, 0.2) is 35.8 Å². The molecule has 0 spiro atoms. The van der Waals surface area contributed by atoms with Crippen molar-refractivity contribution in [3.05, 3.63) is 35.8 Å². The lowest BCUT2D eigenvalue weighted by atomic mass is 10.1. The first-order valence-corrected chi connectivity index (χ1v) is 7.67. The topological polar surface area (TPSA) is 60.2 Å². The summed E-state index contributed by atoms with van der Waals surface area (Å²) in [5.41, 5.74) is 7.82. The Morgan fingerprint density at radius 3 is 2.75 bits per heavy atom. The molecule has 2 aromatic rings. The molecule has 0 aliphatic carbocycles. The quantitative estimate of drug-likeness (QED) is 0.785. The SMILES string of the molecule is COCC(CCCN)Nc1ccc(-c2nccs2)cc1. The van der Waals surface area contributed by atoms with Crippen molar-refractivity contribution in [2.24, 2.45) is 5.73 Å². The highest BCUT2D eigenvalue weighted by Crippen LogP contribution is 2.23. The molecule has 1 atom stereocenters. The third kappa shape index (κ3) is 4.30. The number of aromatic nitrogens is 1. The summed E-state index contributed by atoms with van der Waals surface area (Å²) in [6.45, 7) is 1.40. The van der Waals surface area contributed by atoms with Crippen LogP contribution in [0.25, 0.3) is 10.6 Å². The molecule has 3 N–H and O–H groups in total. The highest BCUT2D eigenvalue weighted by atomic mass is 32.1. The van der Waals surface area contributed by atoms with Gasteiger partial charge in [0.15, 0.2) is 0 Å². The van der Waals surface area contributed by atoms with Gasteiger partial charge in [-0.25, -0.2) is 4.98 Å². The number of benzene rings is 1. The van der Waals surface area contributed by atoms with Crippen LogP contribution in [0.4, 0.5) is 5.69 Å². The Bertz CT molecular complexity index is 484. The molecule has 0 saturated heterocycles. The molecule has 0 bridgehead atoms. The summed E-state index contributed by atoms with van der Waals surface area (Å²) >= 11 is 1.65. The van der Waals surface area contributed by atoms with Crippen LogP contribution in [0.2, 0.25) is 0 Å². The monoisotopic (exact) mass is 291 g/mol. The summed E-state index contributed by atoms with van der Waals surface area (Å²) in [6.07, 6.45) is 3.84. The summed E-state index contributed by atoms with van der Waals surface area (Å²) in [7, 11) is 1.72. The maximum Gasteiger partial charge on any atom is 0.123 e. The van der Waals surface area contributed by atoms with Crippen molar-refractivity contribution in [2.75, 3.05) is 25.6 Å². The minimum atomic E-state index is 0.300. The van der Waals surface area contributed by atoms with Crippen LogP contribution in [0.1, 0.15) is 12.8 Å². The van der Waals surface area contributed by atoms with Gasteiger partial charge in [0.05, 0.1) is 6.61 Å². The minimum Gasteiger partial charge on any atom is -0.383 e. The molecule has 1 aromatic heterocycles. The Kier molecular flexibility index (Phi) is 5.98. The highest BCUT2D eigenvalue weighted by Gasteiger charge is 2.08. The number of hydrogen-bond acceptors (Lipinski definition) is 5. The van der Waals surface area contributed by atoms with Crippen LogP contribution in [-0.2, 0) is 4.74 Å². The Labute approximate surface area is 124 Å². The zero-order valence-corrected chi connectivity index (χ0v) is 12.5. The molecule has 1 aromatic carbocycles. The number of nitrogens with one attached hydrogen (secondary N) is 1. The van der Waals surface area contributed by atoms with Crippen molar-refractivity contribution < 1.29 is 4.74 Å². The van der Waals surface area contributed by atoms with Gasteiger partial charge in [-0.15, -0.1) is 11.3 Å². The number of ether oxygens (including phenoxy) is 1. The van der Waals surface area contributed by atoms with Gasteiger partial charge in [-0.05, 0) is 43.7 Å². The average Bonchev–Trinajstić information content (AvgIpc) is 3.00. The van der Waals surface area contributed by atoms with E-state index in [1.807, 2.05) is 11.6 Å². The number of hydrogen-bond donors (Lipinski definition) is 2. The minimum absolute atomic E-state index is 0.300. The molecule has 0 fully saturated rings. The van der Waals surface area contributed by atoms with Crippen molar-refractivity contribution in [1.82, 2.24) is 4.98 Å². The van der Waals surface area contributed by atoms with Gasteiger partial charge in [-0.2, -0.15) is 0 Å². The van der Waals surface area contributed by atoms with Crippen LogP contribution in [0.3, 0.4) is 0 Å². The molecular weight excluding hydrogens is 270 g/mol. The third-order valence-corrected chi connectivity index (χ3v) is 3.88. The largest absolute Gasteiger partial charge is 0.383 e. The maximum atomic E-state index is 5.57. The summed E-state index contributed by atoms with van der Waals surface area (Å²) < 4.78 is 5.24. The number of nitrogens with zero attached hydrogens (tertiary/aromatic N) is 1. The molecule has 5 heteroatoms. The predicted octanol–water partition coefficient (Wildman–Crippen LogP) is 2.98. The van der Waals surface area contributed by atoms with E-state index in [4.69, 9.17) is 10.5 Å². The molecule has 0 amide bonds. The fourth-order valence-electron chi connectivity index (χ4n) is 2.07. The lowest BCUT2D eigenvalue weighted by molar-refractivity contribution is 0.182. The van der Waals surface area contributed by atoms with Crippen LogP contribution >= 0.6 is 11.3 Å². The second-order valence-corrected chi connectivity index (χ2v) is 5.54. The summed E-state index contributed by atoms with van der Waals surface area (Å²) in [5.74, 6) is 0. The molecule has 0 saturated carbocycles. The van der Waals surface area contributed by atoms with E-state index >= 15 is 0 Å². The first-order chi connectivity index (χ1) is 9.83. The van der Waals surface area contributed by atoms with Crippen molar-refractivity contribution in [1.29, 1.82) is 0 Å². The first kappa shape index (κ1) is 15.0. The molecule has 0 radical (unpaired) electrons. The lowest BCUT2D eigenvalue weighted by Crippen LogP contribution is -2.25. The van der Waals surface area contributed by atoms with E-state index in [-0.39, 0.29) is 0 Å². The van der Waals surface area contributed by atoms with Gasteiger partial charge in [-0.3, -0.25) is 0 Å². The molecule has 2 rings (SSSR count). The van der Waals surface area contributed by atoms with Crippen LogP contribution in [0.5, 0.6) is 0 Å². The van der Waals surface area contributed by atoms with E-state index in [2.05, 4.69) is 34.6 Å². The zero-order valence-electron chi connectivity index (χ0n) is 11.7. The third-order valence-electron chi connectivity index (χ3n) is 3.06. The number of nitrogens with two attached hydrogens (primary N) is 1. The Morgan fingerprint density at radius 2 is 2.15 bits per heavy atom. The Morgan fingerprint density at radius 1 is 1.35 bits per heavy atom. The second kappa shape index (κ2) is 7.99. The van der Waals surface area contributed by atoms with Crippen molar-refractivity contribution in [3.8, 4) is 10.6 Å². The van der Waals surface area contributed by atoms with Gasteiger partial charge >= 0.3 is 0 Å². The fourth-order valence-corrected chi connectivity index (χ4v) is 2.72. The van der Waals surface area contributed by atoms with E-state index < -0.39 is 0 Å². The lowest BCUT2D eigenvalue weighted by Gasteiger charge is -2.19. The summed E-state index contributed by atoms with van der Waals surface area (Å²) in [4.78, 5) is 4.31. The number of methoxy groups -OCH3 is 1. The summed E-state index contributed by atoms with van der Waals surface area (Å²) in [5, 5.41) is 6.53. The highest BCUT2D eigenvalue weighted by molar-refractivity contribution is 7.13. The molecular formula is C15H21N3OS. The molecule has 1 unspecified atom stereocenters. The van der Waals surface area contributed by atoms with E-state index in [0.29, 0.717) is 19.2 Å². The number of anilines is 1. The van der Waals surface area contributed by atoms with Crippen molar-refractivity contribution in [3.63, 3.8) is 0 Å². The normalized spacial score (nSPS) is 12.3. The van der Waals surface area contributed by atoms with Gasteiger partial charge in [0.2, 0.25) is 0 Å². The van der Waals surface area contributed by atoms with Gasteiger partial charge in [0, 0.05) is 36.0 Å². The van der Waals surface area contributed by atoms with Crippen molar-refractivity contribution >= 4 is 17.0 Å². The van der Waals surface area contributed by atoms with Crippen LogP contribution < -0.4 is 11.1 Å². The van der Waals surface area contributed by atoms with Crippen LogP contribution in [-0.4, -0.2) is 31.3 Å². The molecule has 108 valence electrons. The van der Waals surface area contributed by atoms with Gasteiger partial charge in [-0.1, -0.05) is 0 Å². The molecule has 4 nitrogen and oxygen atoms in total. The standard InChI is InChI=1S/C15H21N3OS/c1-19-11-14(3-2-8-16)18-13-6-4-12(5-7-13)15-17-9-10-20-15/h4-7,9-10,14,18H,2-3,8,11,16H2,1H3. The van der Waals surface area contributed by atoms with Gasteiger partial charge in [0.1, 0.15) is 5.01 Å². The molecule has 20 heavy (non-hydrogen) atoms. The Hall–Kier alpha value is -1.43. The molecule has 0 aliphatic heterocycles. The molecule has 1 heterocycles. The van der Waals surface area contributed by atoms with E-state index in [9.17, 15) is 0 Å². The van der Waals surface area contributed by atoms with E-state index in [1.165, 1.54) is 0 Å². The first-order valence-electron chi connectivity index (χ1n) is 6.79. The van der Waals surface area contributed by atoms with Crippen LogP contribution in [0, 0.1) is 0 Å². The van der Waals surface area contributed by atoms with E-state index in [1.54, 1.807) is 18.4 Å². The van der Waals surface area contributed by atoms with E-state index in [0.717, 1.165) is 29.1 Å².